The lowest BCUT2D eigenvalue weighted by Gasteiger charge is -2.11. The van der Waals surface area contributed by atoms with Gasteiger partial charge in [0.25, 0.3) is 0 Å². The minimum atomic E-state index is -1.25. The Morgan fingerprint density at radius 1 is 1.05 bits per heavy atom. The van der Waals surface area contributed by atoms with Gasteiger partial charge < -0.3 is 9.90 Å². The zero-order chi connectivity index (χ0) is 15.9. The number of carbonyl (C=O) groups is 1. The van der Waals surface area contributed by atoms with E-state index in [2.05, 4.69) is 20.9 Å². The second-order valence-corrected chi connectivity index (χ2v) is 6.36. The predicted octanol–water partition coefficient (Wildman–Crippen LogP) is 4.33. The summed E-state index contributed by atoms with van der Waals surface area (Å²) in [6.07, 6.45) is 0. The Labute approximate surface area is 144 Å². The Kier molecular flexibility index (Phi) is 4.08. The van der Waals surface area contributed by atoms with Crippen LogP contribution in [0.15, 0.2) is 46.9 Å². The van der Waals surface area contributed by atoms with Crippen LogP contribution in [-0.2, 0) is 0 Å². The number of hydrogen-bond acceptors (Lipinski definition) is 3. The van der Waals surface area contributed by atoms with Gasteiger partial charge in [-0.2, -0.15) is 0 Å². The fourth-order valence-corrected chi connectivity index (χ4v) is 2.82. The topological polar surface area (TPSA) is 53.0 Å². The van der Waals surface area contributed by atoms with Crippen molar-refractivity contribution in [1.82, 2.24) is 4.98 Å². The quantitative estimate of drug-likeness (QED) is 0.648. The number of hydrogen-bond donors (Lipinski definition) is 0. The highest BCUT2D eigenvalue weighted by Crippen LogP contribution is 2.30. The molecule has 3 aromatic rings. The van der Waals surface area contributed by atoms with Crippen LogP contribution in [0.25, 0.3) is 22.2 Å². The first kappa shape index (κ1) is 15.3. The van der Waals surface area contributed by atoms with Crippen LogP contribution in [0.4, 0.5) is 0 Å². The van der Waals surface area contributed by atoms with E-state index >= 15 is 0 Å². The van der Waals surface area contributed by atoms with Crippen molar-refractivity contribution in [3.8, 4) is 11.3 Å². The first-order valence-electron chi connectivity index (χ1n) is 6.23. The highest BCUT2D eigenvalue weighted by Gasteiger charge is 2.10. The zero-order valence-electron chi connectivity index (χ0n) is 10.9. The van der Waals surface area contributed by atoms with Gasteiger partial charge in [-0.1, -0.05) is 51.3 Å². The Morgan fingerprint density at radius 3 is 2.50 bits per heavy atom. The van der Waals surface area contributed by atoms with Gasteiger partial charge in [-0.25, -0.2) is 4.98 Å². The summed E-state index contributed by atoms with van der Waals surface area (Å²) in [4.78, 5) is 15.9. The number of benzene rings is 2. The minimum absolute atomic E-state index is 0.0820. The highest BCUT2D eigenvalue weighted by atomic mass is 79.9. The van der Waals surface area contributed by atoms with Crippen LogP contribution in [0.3, 0.4) is 0 Å². The van der Waals surface area contributed by atoms with E-state index in [0.717, 1.165) is 4.47 Å². The molecule has 22 heavy (non-hydrogen) atoms. The maximum absolute atomic E-state index is 11.4. The lowest BCUT2D eigenvalue weighted by atomic mass is 10.0. The fourth-order valence-electron chi connectivity index (χ4n) is 2.17. The van der Waals surface area contributed by atoms with Crippen molar-refractivity contribution >= 4 is 56.0 Å². The molecule has 0 aliphatic heterocycles. The summed E-state index contributed by atoms with van der Waals surface area (Å²) >= 11 is 15.3. The molecule has 0 aliphatic carbocycles. The molecule has 110 valence electrons. The van der Waals surface area contributed by atoms with Gasteiger partial charge >= 0.3 is 0 Å². The van der Waals surface area contributed by atoms with E-state index in [1.165, 1.54) is 6.07 Å². The van der Waals surface area contributed by atoms with Crippen molar-refractivity contribution in [3.63, 3.8) is 0 Å². The van der Waals surface area contributed by atoms with Gasteiger partial charge in [-0.05, 0) is 30.3 Å². The van der Waals surface area contributed by atoms with Gasteiger partial charge in [0.1, 0.15) is 0 Å². The van der Waals surface area contributed by atoms with E-state index in [1.54, 1.807) is 36.4 Å². The summed E-state index contributed by atoms with van der Waals surface area (Å²) in [7, 11) is 0. The molecule has 0 fully saturated rings. The molecule has 0 aliphatic rings. The lowest BCUT2D eigenvalue weighted by Crippen LogP contribution is -2.22. The number of rotatable bonds is 2. The molecule has 0 saturated heterocycles. The maximum Gasteiger partial charge on any atom is 0.0727 e. The van der Waals surface area contributed by atoms with Gasteiger partial charge in [0.15, 0.2) is 0 Å². The van der Waals surface area contributed by atoms with Crippen molar-refractivity contribution in [3.05, 3.63) is 62.5 Å². The van der Waals surface area contributed by atoms with E-state index in [9.17, 15) is 9.90 Å². The number of halogens is 3. The Balaban J connectivity index is 2.30. The zero-order valence-corrected chi connectivity index (χ0v) is 14.0. The molecule has 0 amide bonds. The summed E-state index contributed by atoms with van der Waals surface area (Å²) in [6, 6.07) is 11.7. The molecule has 6 heteroatoms. The average Bonchev–Trinajstić information content (AvgIpc) is 2.48. The average molecular weight is 396 g/mol. The van der Waals surface area contributed by atoms with Crippen molar-refractivity contribution in [2.75, 3.05) is 0 Å². The van der Waals surface area contributed by atoms with Crippen molar-refractivity contribution < 1.29 is 9.90 Å². The Hall–Kier alpha value is -1.62. The fraction of sp³-hybridized carbons (Fsp3) is 0. The van der Waals surface area contributed by atoms with Crippen LogP contribution in [0.2, 0.25) is 10.0 Å². The second-order valence-electron chi connectivity index (χ2n) is 4.63. The third-order valence-electron chi connectivity index (χ3n) is 3.21. The first-order chi connectivity index (χ1) is 10.5. The molecule has 0 radical (unpaired) electrons. The normalized spacial score (nSPS) is 10.9. The van der Waals surface area contributed by atoms with E-state index in [4.69, 9.17) is 23.2 Å². The molecule has 0 saturated carbocycles. The van der Waals surface area contributed by atoms with Gasteiger partial charge in [0.05, 0.1) is 27.2 Å². The molecular weight excluding hydrogens is 389 g/mol. The lowest BCUT2D eigenvalue weighted by molar-refractivity contribution is -0.254. The molecule has 0 atom stereocenters. The van der Waals surface area contributed by atoms with E-state index in [-0.39, 0.29) is 5.56 Å². The molecule has 0 N–H and O–H groups in total. The minimum Gasteiger partial charge on any atom is -0.545 e. The number of carbonyl (C=O) groups excluding carboxylic acids is 1. The molecule has 3 nitrogen and oxygen atoms in total. The number of carboxylic acids is 1. The van der Waals surface area contributed by atoms with Crippen molar-refractivity contribution in [1.29, 1.82) is 0 Å². The number of aromatic carboxylic acids is 1. The smallest absolute Gasteiger partial charge is 0.0727 e. The molecule has 2 aromatic carbocycles. The Bertz CT molecular complexity index is 912. The monoisotopic (exact) mass is 394 g/mol. The van der Waals surface area contributed by atoms with Crippen molar-refractivity contribution in [2.45, 2.75) is 0 Å². The summed E-state index contributed by atoms with van der Waals surface area (Å²) in [5.41, 5.74) is 1.80. The molecule has 0 bridgehead atoms. The van der Waals surface area contributed by atoms with Crippen LogP contribution in [-0.4, -0.2) is 11.0 Å². The van der Waals surface area contributed by atoms with Gasteiger partial charge in [0.2, 0.25) is 0 Å². The molecule has 1 heterocycles. The van der Waals surface area contributed by atoms with Gasteiger partial charge in [0, 0.05) is 21.0 Å². The second kappa shape index (κ2) is 5.88. The maximum atomic E-state index is 11.4. The van der Waals surface area contributed by atoms with Gasteiger partial charge in [-0.3, -0.25) is 0 Å². The molecular formula is C16H7BrCl2NO2-. The largest absolute Gasteiger partial charge is 0.545 e. The number of aromatic nitrogens is 1. The number of pyridine rings is 1. The molecule has 0 unspecified atom stereocenters. The third-order valence-corrected chi connectivity index (χ3v) is 4.44. The van der Waals surface area contributed by atoms with Crippen LogP contribution in [0.1, 0.15) is 10.4 Å². The molecule has 0 spiro atoms. The number of carboxylic acid groups (broad SMARTS) is 1. The van der Waals surface area contributed by atoms with Crippen LogP contribution >= 0.6 is 39.1 Å². The van der Waals surface area contributed by atoms with Crippen LogP contribution in [0, 0.1) is 0 Å². The van der Waals surface area contributed by atoms with E-state index < -0.39 is 5.97 Å². The van der Waals surface area contributed by atoms with Crippen LogP contribution in [0.5, 0.6) is 0 Å². The van der Waals surface area contributed by atoms with E-state index in [1.807, 2.05) is 0 Å². The summed E-state index contributed by atoms with van der Waals surface area (Å²) in [5.74, 6) is -1.25. The van der Waals surface area contributed by atoms with Gasteiger partial charge in [-0.15, -0.1) is 0 Å². The predicted molar refractivity (Wildman–Crippen MR) is 89.2 cm³/mol. The Morgan fingerprint density at radius 2 is 1.82 bits per heavy atom. The standard InChI is InChI=1S/C16H8BrCl2NO2/c17-9-2-3-10-11(16(21)22)7-14(20-15(10)6-9)8-1-4-12(18)13(19)5-8/h1-7H,(H,21,22)/p-1. The summed E-state index contributed by atoms with van der Waals surface area (Å²) in [5, 5.41) is 12.7. The van der Waals surface area contributed by atoms with Crippen molar-refractivity contribution in [2.24, 2.45) is 0 Å². The summed E-state index contributed by atoms with van der Waals surface area (Å²) < 4.78 is 0.808. The SMILES string of the molecule is O=C([O-])c1cc(-c2ccc(Cl)c(Cl)c2)nc2cc(Br)ccc12. The molecule has 3 rings (SSSR count). The van der Waals surface area contributed by atoms with Crippen LogP contribution < -0.4 is 5.11 Å². The summed E-state index contributed by atoms with van der Waals surface area (Å²) in [6.45, 7) is 0. The molecule has 1 aromatic heterocycles. The highest BCUT2D eigenvalue weighted by molar-refractivity contribution is 9.10. The van der Waals surface area contributed by atoms with E-state index in [0.29, 0.717) is 32.2 Å². The third kappa shape index (κ3) is 2.82. The first-order valence-corrected chi connectivity index (χ1v) is 7.77. The number of fused-ring (bicyclic) bond motifs is 1. The number of nitrogens with zero attached hydrogens (tertiary/aromatic N) is 1.